The maximum Gasteiger partial charge on any atom is 0.338 e. The fraction of sp³-hybridized carbons (Fsp3) is 0.556. The molecular formula is C54H68N12O7. The second-order valence-corrected chi connectivity index (χ2v) is 22.8. The molecule has 3 aromatic heterocycles. The summed E-state index contributed by atoms with van der Waals surface area (Å²) in [5.41, 5.74) is -0.260. The first-order valence-electron chi connectivity index (χ1n) is 24.5. The highest BCUT2D eigenvalue weighted by Crippen LogP contribution is 2.54. The maximum atomic E-state index is 12.7. The van der Waals surface area contributed by atoms with Crippen molar-refractivity contribution in [1.29, 1.82) is 15.8 Å². The molecule has 386 valence electrons. The molecule has 6 atom stereocenters. The average molecular weight is 997 g/mol. The summed E-state index contributed by atoms with van der Waals surface area (Å²) in [6, 6.07) is 6.13. The minimum Gasteiger partial charge on any atom is -0.478 e. The zero-order valence-electron chi connectivity index (χ0n) is 44.1. The maximum absolute atomic E-state index is 12.7. The first kappa shape index (κ1) is 55.0. The highest BCUT2D eigenvalue weighted by Gasteiger charge is 2.56. The van der Waals surface area contributed by atoms with Crippen LogP contribution in [0.3, 0.4) is 0 Å². The third kappa shape index (κ3) is 10.6. The van der Waals surface area contributed by atoms with Crippen molar-refractivity contribution in [2.24, 2.45) is 71.4 Å². The highest BCUT2D eigenvalue weighted by molar-refractivity contribution is 6.05. The third-order valence-corrected chi connectivity index (χ3v) is 16.3. The lowest BCUT2D eigenvalue weighted by Crippen LogP contribution is -2.56. The van der Waals surface area contributed by atoms with Gasteiger partial charge < -0.3 is 20.2 Å². The van der Waals surface area contributed by atoms with Gasteiger partial charge in [-0.15, -0.1) is 0 Å². The number of nitrogens with one attached hydrogen (secondary N) is 1. The zero-order chi connectivity index (χ0) is 54.2. The van der Waals surface area contributed by atoms with Crippen molar-refractivity contribution in [3.05, 3.63) is 88.8 Å². The van der Waals surface area contributed by atoms with Crippen LogP contribution in [0.4, 0.5) is 0 Å². The van der Waals surface area contributed by atoms with E-state index in [1.54, 1.807) is 67.4 Å². The van der Waals surface area contributed by atoms with Gasteiger partial charge >= 0.3 is 5.97 Å². The minimum absolute atomic E-state index is 0.0133. The monoisotopic (exact) mass is 997 g/mol. The number of amides is 2. The third-order valence-electron chi connectivity index (χ3n) is 16.3. The molecule has 2 N–H and O–H groups in total. The molecule has 3 fully saturated rings. The molecule has 2 amide bonds. The lowest BCUT2D eigenvalue weighted by molar-refractivity contribution is -0.132. The highest BCUT2D eigenvalue weighted by atomic mass is 16.4. The zero-order valence-corrected chi connectivity index (χ0v) is 44.1. The van der Waals surface area contributed by atoms with E-state index in [9.17, 15) is 39.3 Å². The molecule has 73 heavy (non-hydrogen) atoms. The molecule has 3 saturated heterocycles. The van der Waals surface area contributed by atoms with Crippen LogP contribution < -0.4 is 5.32 Å². The molecule has 3 aromatic rings. The molecule has 0 unspecified atom stereocenters. The Morgan fingerprint density at radius 2 is 0.890 bits per heavy atom. The number of carboxylic acids is 1. The van der Waals surface area contributed by atoms with Gasteiger partial charge in [0.05, 0.1) is 52.0 Å². The van der Waals surface area contributed by atoms with E-state index in [0.717, 1.165) is 32.4 Å². The second-order valence-electron chi connectivity index (χ2n) is 22.8. The average Bonchev–Trinajstić information content (AvgIpc) is 4.11. The summed E-state index contributed by atoms with van der Waals surface area (Å²) >= 11 is 0. The SMILES string of the molecule is CC1(C)C(=O)C(C#N)=C[C@]2(C)CNCC[C@@H]12.Cn1cc(C(=O)N2CC[C@@H]3C(C)(C)C(=O)C(C#N)=C[C@@]3(C)C2)cn1.Cn1cc(C(=O)N2CC[C@H]3C(C)(C)C(=O)C(C#N)=C[C@]3(C)C2)cn1.Cn1cc(C(=O)O)cn1. The van der Waals surface area contributed by atoms with Crippen molar-refractivity contribution in [3.8, 4) is 18.2 Å². The van der Waals surface area contributed by atoms with E-state index in [1.807, 2.05) is 83.4 Å². The number of hydrogen-bond acceptors (Lipinski definition) is 13. The number of aromatic carboxylic acids is 1. The first-order valence-corrected chi connectivity index (χ1v) is 24.5. The summed E-state index contributed by atoms with van der Waals surface area (Å²) in [4.78, 5) is 76.5. The van der Waals surface area contributed by atoms with Crippen molar-refractivity contribution in [3.63, 3.8) is 0 Å². The molecule has 6 heterocycles. The fourth-order valence-corrected chi connectivity index (χ4v) is 12.7. The predicted octanol–water partition coefficient (Wildman–Crippen LogP) is 5.67. The quantitative estimate of drug-likeness (QED) is 0.320. The van der Waals surface area contributed by atoms with Crippen molar-refractivity contribution in [2.45, 2.75) is 81.6 Å². The van der Waals surface area contributed by atoms with Gasteiger partial charge in [-0.3, -0.25) is 38.0 Å². The van der Waals surface area contributed by atoms with Crippen LogP contribution in [0.25, 0.3) is 0 Å². The van der Waals surface area contributed by atoms with E-state index in [-0.39, 0.29) is 74.0 Å². The minimum atomic E-state index is -0.942. The van der Waals surface area contributed by atoms with E-state index >= 15 is 0 Å². The van der Waals surface area contributed by atoms with Gasteiger partial charge in [-0.2, -0.15) is 31.1 Å². The largest absolute Gasteiger partial charge is 0.478 e. The number of carboxylic acid groups (broad SMARTS) is 1. The van der Waals surface area contributed by atoms with Crippen molar-refractivity contribution in [2.75, 3.05) is 39.3 Å². The molecule has 0 bridgehead atoms. The summed E-state index contributed by atoms with van der Waals surface area (Å²) in [5.74, 6) is -0.624. The summed E-state index contributed by atoms with van der Waals surface area (Å²) < 4.78 is 4.67. The number of piperidine rings is 3. The number of nitrogens with zero attached hydrogens (tertiary/aromatic N) is 11. The van der Waals surface area contributed by atoms with Crippen LogP contribution in [-0.2, 0) is 35.5 Å². The van der Waals surface area contributed by atoms with E-state index in [0.29, 0.717) is 48.8 Å². The Balaban J connectivity index is 0.000000167. The van der Waals surface area contributed by atoms with Gasteiger partial charge in [0.15, 0.2) is 17.3 Å². The topological polar surface area (TPSA) is 266 Å². The molecule has 19 nitrogen and oxygen atoms in total. The number of aryl methyl sites for hydroxylation is 3. The number of aromatic nitrogens is 6. The van der Waals surface area contributed by atoms with Gasteiger partial charge in [0, 0.05) is 105 Å². The fourth-order valence-electron chi connectivity index (χ4n) is 12.7. The molecule has 3 aliphatic heterocycles. The molecule has 0 radical (unpaired) electrons. The molecule has 0 spiro atoms. The number of carbonyl (C=O) groups excluding carboxylic acids is 5. The summed E-state index contributed by atoms with van der Waals surface area (Å²) in [6.45, 7) is 21.9. The summed E-state index contributed by atoms with van der Waals surface area (Å²) in [7, 11) is 5.23. The van der Waals surface area contributed by atoms with E-state index in [1.165, 1.54) is 17.1 Å². The van der Waals surface area contributed by atoms with Crippen LogP contribution >= 0.6 is 0 Å². The van der Waals surface area contributed by atoms with Gasteiger partial charge in [-0.05, 0) is 43.6 Å². The Kier molecular flexibility index (Phi) is 15.3. The molecule has 0 saturated carbocycles. The number of fused-ring (bicyclic) bond motifs is 3. The first-order chi connectivity index (χ1) is 34.0. The van der Waals surface area contributed by atoms with Crippen molar-refractivity contribution < 1.29 is 33.9 Å². The number of carbonyl (C=O) groups is 6. The number of allylic oxidation sites excluding steroid dienone is 3. The van der Waals surface area contributed by atoms with Gasteiger partial charge in [0.25, 0.3) is 11.8 Å². The summed E-state index contributed by atoms with van der Waals surface area (Å²) in [6.07, 6.45) is 17.3. The number of nitriles is 3. The van der Waals surface area contributed by atoms with Gasteiger partial charge in [0.1, 0.15) is 18.2 Å². The van der Waals surface area contributed by atoms with Crippen LogP contribution in [0.15, 0.2) is 72.1 Å². The van der Waals surface area contributed by atoms with E-state index in [2.05, 4.69) is 33.6 Å². The normalized spacial score (nSPS) is 28.3. The van der Waals surface area contributed by atoms with Crippen LogP contribution in [0.2, 0.25) is 0 Å². The van der Waals surface area contributed by atoms with Crippen LogP contribution in [0.5, 0.6) is 0 Å². The molecular weight excluding hydrogens is 929 g/mol. The Bertz CT molecular complexity index is 2810. The number of likely N-dealkylation sites (tertiary alicyclic amines) is 2. The van der Waals surface area contributed by atoms with Crippen LogP contribution in [0.1, 0.15) is 113 Å². The van der Waals surface area contributed by atoms with Crippen molar-refractivity contribution >= 4 is 35.1 Å². The standard InChI is InChI=1S/2C18H22N4O2.C13H18N2O.C5H6N2O2/c2*1-17(2)14-5-6-22(16(24)13-9-20-21(4)10-13)11-18(14,3)7-12(8-19)15(17)23;1-12(2)10-4-5-15-8-13(10,3)6-9(7-14)11(12)16;1-7-3-4(2-6-7)5(8)9/h2*7,9-10,14H,5-6,11H2,1-4H3;6,10,15H,4-5,8H2,1-3H3;2-3H,1H3,(H,8,9)/t2*14-,18+;10-,13+;/m100./s1. The van der Waals surface area contributed by atoms with Gasteiger partial charge in [-0.25, -0.2) is 4.79 Å². The Morgan fingerprint density at radius 3 is 1.19 bits per heavy atom. The molecule has 19 heteroatoms. The number of rotatable bonds is 3. The van der Waals surface area contributed by atoms with Gasteiger partial charge in [0.2, 0.25) is 0 Å². The number of ketones is 3. The van der Waals surface area contributed by atoms with Crippen molar-refractivity contribution in [1.82, 2.24) is 44.5 Å². The molecule has 9 rings (SSSR count). The Morgan fingerprint density at radius 1 is 0.562 bits per heavy atom. The second kappa shape index (κ2) is 20.3. The van der Waals surface area contributed by atoms with E-state index < -0.39 is 22.2 Å². The predicted molar refractivity (Wildman–Crippen MR) is 267 cm³/mol. The van der Waals surface area contributed by atoms with Gasteiger partial charge in [-0.1, -0.05) is 80.5 Å². The lowest BCUT2D eigenvalue weighted by atomic mass is 9.55. The van der Waals surface area contributed by atoms with E-state index in [4.69, 9.17) is 10.4 Å². The molecule has 3 aliphatic carbocycles. The summed E-state index contributed by atoms with van der Waals surface area (Å²) in [5, 5.41) is 51.2. The Labute approximate surface area is 427 Å². The number of hydrogen-bond donors (Lipinski definition) is 2. The lowest BCUT2D eigenvalue weighted by Gasteiger charge is -2.52. The van der Waals surface area contributed by atoms with Crippen LogP contribution in [-0.4, -0.2) is 119 Å². The smallest absolute Gasteiger partial charge is 0.338 e. The molecule has 6 aliphatic rings. The number of Topliss-reactive ketones (excluding diaryl/α,β-unsaturated/α-hetero) is 3. The molecule has 0 aromatic carbocycles. The Hall–Kier alpha value is -7.30. The van der Waals surface area contributed by atoms with Crippen LogP contribution in [0, 0.1) is 84.2 Å².